The number of thiophene rings is 1. The zero-order chi connectivity index (χ0) is 7.68. The summed E-state index contributed by atoms with van der Waals surface area (Å²) in [4.78, 5) is 0. The monoisotopic (exact) mass is 164 g/mol. The van der Waals surface area contributed by atoms with Crippen molar-refractivity contribution in [1.82, 2.24) is 0 Å². The summed E-state index contributed by atoms with van der Waals surface area (Å²) in [5.74, 6) is 0.992. The summed E-state index contributed by atoms with van der Waals surface area (Å²) in [5.41, 5.74) is 2.38. The average molecular weight is 164 g/mol. The zero-order valence-electron chi connectivity index (χ0n) is 6.20. The van der Waals surface area contributed by atoms with Crippen LogP contribution in [0.1, 0.15) is 5.56 Å². The predicted octanol–water partition coefficient (Wildman–Crippen LogP) is 3.32. The van der Waals surface area contributed by atoms with Crippen molar-refractivity contribution >= 4 is 11.3 Å². The Balaban J connectivity index is 2.53. The fourth-order valence-electron chi connectivity index (χ4n) is 1.06. The van der Waals surface area contributed by atoms with Crippen LogP contribution in [0.5, 0.6) is 0 Å². The largest absolute Gasteiger partial charge is 0.464 e. The number of furan rings is 1. The van der Waals surface area contributed by atoms with Gasteiger partial charge < -0.3 is 4.42 Å². The molecule has 2 rings (SSSR count). The van der Waals surface area contributed by atoms with E-state index in [4.69, 9.17) is 4.42 Å². The third-order valence-electron chi connectivity index (χ3n) is 1.65. The van der Waals surface area contributed by atoms with Crippen molar-refractivity contribution in [2.75, 3.05) is 0 Å². The number of aryl methyl sites for hydroxylation is 1. The molecule has 2 aromatic rings. The Labute approximate surface area is 69.3 Å². The first-order valence-corrected chi connectivity index (χ1v) is 4.39. The van der Waals surface area contributed by atoms with E-state index in [0.717, 1.165) is 5.76 Å². The third-order valence-corrected chi connectivity index (χ3v) is 2.33. The van der Waals surface area contributed by atoms with Crippen molar-refractivity contribution in [3.63, 3.8) is 0 Å². The number of hydrogen-bond donors (Lipinski definition) is 0. The second kappa shape index (κ2) is 2.55. The van der Waals surface area contributed by atoms with E-state index in [-0.39, 0.29) is 0 Å². The normalized spacial score (nSPS) is 10.3. The number of hydrogen-bond acceptors (Lipinski definition) is 2. The quantitative estimate of drug-likeness (QED) is 0.630. The lowest BCUT2D eigenvalue weighted by Crippen LogP contribution is -1.69. The molecule has 0 bridgehead atoms. The minimum Gasteiger partial charge on any atom is -0.464 e. The highest BCUT2D eigenvalue weighted by molar-refractivity contribution is 7.08. The Hall–Kier alpha value is -1.02. The fourth-order valence-corrected chi connectivity index (χ4v) is 1.70. The second-order valence-electron chi connectivity index (χ2n) is 2.44. The van der Waals surface area contributed by atoms with Gasteiger partial charge in [0.1, 0.15) is 5.76 Å². The molecular formula is C9H8OS. The van der Waals surface area contributed by atoms with Gasteiger partial charge in [0.15, 0.2) is 0 Å². The molecule has 0 spiro atoms. The van der Waals surface area contributed by atoms with Crippen LogP contribution < -0.4 is 0 Å². The van der Waals surface area contributed by atoms with E-state index >= 15 is 0 Å². The van der Waals surface area contributed by atoms with Gasteiger partial charge in [0.05, 0.1) is 6.26 Å². The van der Waals surface area contributed by atoms with E-state index in [1.807, 2.05) is 6.07 Å². The fraction of sp³-hybridized carbons (Fsp3) is 0.111. The molecule has 2 heteroatoms. The standard InChI is InChI=1S/C9H8OS/c1-7-2-4-10-9(7)8-3-5-11-6-8/h2-6H,1H3. The molecule has 2 heterocycles. The Kier molecular flexibility index (Phi) is 1.55. The average Bonchev–Trinajstić information content (AvgIpc) is 2.55. The zero-order valence-corrected chi connectivity index (χ0v) is 7.02. The summed E-state index contributed by atoms with van der Waals surface area (Å²) in [6.07, 6.45) is 1.72. The second-order valence-corrected chi connectivity index (χ2v) is 3.22. The summed E-state index contributed by atoms with van der Waals surface area (Å²) >= 11 is 1.69. The maximum absolute atomic E-state index is 5.32. The van der Waals surface area contributed by atoms with Gasteiger partial charge in [-0.05, 0) is 30.0 Å². The lowest BCUT2D eigenvalue weighted by atomic mass is 10.2. The molecule has 0 aliphatic heterocycles. The molecule has 0 radical (unpaired) electrons. The Morgan fingerprint density at radius 1 is 1.36 bits per heavy atom. The molecule has 0 atom stereocenters. The van der Waals surface area contributed by atoms with Gasteiger partial charge in [0.25, 0.3) is 0 Å². The summed E-state index contributed by atoms with van der Waals surface area (Å²) in [6.45, 7) is 2.05. The van der Waals surface area contributed by atoms with E-state index in [1.165, 1.54) is 11.1 Å². The highest BCUT2D eigenvalue weighted by Crippen LogP contribution is 2.25. The minimum atomic E-state index is 0.992. The van der Waals surface area contributed by atoms with Crippen LogP contribution in [-0.4, -0.2) is 0 Å². The molecule has 0 fully saturated rings. The Bertz CT molecular complexity index is 332. The summed E-state index contributed by atoms with van der Waals surface area (Å²) < 4.78 is 5.32. The molecule has 0 unspecified atom stereocenters. The van der Waals surface area contributed by atoms with Crippen molar-refractivity contribution in [2.24, 2.45) is 0 Å². The molecule has 11 heavy (non-hydrogen) atoms. The summed E-state index contributed by atoms with van der Waals surface area (Å²) in [7, 11) is 0. The van der Waals surface area contributed by atoms with Gasteiger partial charge in [-0.3, -0.25) is 0 Å². The van der Waals surface area contributed by atoms with Crippen LogP contribution in [0.3, 0.4) is 0 Å². The maximum atomic E-state index is 5.32. The molecule has 56 valence electrons. The van der Waals surface area contributed by atoms with E-state index in [2.05, 4.69) is 23.8 Å². The first-order valence-electron chi connectivity index (χ1n) is 3.44. The maximum Gasteiger partial charge on any atom is 0.137 e. The summed E-state index contributed by atoms with van der Waals surface area (Å²) in [5, 5.41) is 4.14. The Morgan fingerprint density at radius 2 is 2.27 bits per heavy atom. The first kappa shape index (κ1) is 6.68. The lowest BCUT2D eigenvalue weighted by molar-refractivity contribution is 0.581. The third kappa shape index (κ3) is 1.10. The highest BCUT2D eigenvalue weighted by Gasteiger charge is 2.03. The smallest absolute Gasteiger partial charge is 0.137 e. The van der Waals surface area contributed by atoms with E-state index in [1.54, 1.807) is 17.6 Å². The minimum absolute atomic E-state index is 0.992. The number of rotatable bonds is 1. The van der Waals surface area contributed by atoms with E-state index in [0.29, 0.717) is 0 Å². The SMILES string of the molecule is Cc1ccoc1-c1ccsc1. The van der Waals surface area contributed by atoms with Gasteiger partial charge in [-0.2, -0.15) is 11.3 Å². The molecule has 0 aromatic carbocycles. The van der Waals surface area contributed by atoms with Gasteiger partial charge >= 0.3 is 0 Å². The van der Waals surface area contributed by atoms with Crippen molar-refractivity contribution in [2.45, 2.75) is 6.92 Å². The van der Waals surface area contributed by atoms with E-state index in [9.17, 15) is 0 Å². The molecule has 0 aliphatic carbocycles. The molecule has 1 nitrogen and oxygen atoms in total. The Morgan fingerprint density at radius 3 is 2.82 bits per heavy atom. The van der Waals surface area contributed by atoms with Crippen LogP contribution in [-0.2, 0) is 0 Å². The molecule has 0 amide bonds. The van der Waals surface area contributed by atoms with Gasteiger partial charge in [-0.1, -0.05) is 0 Å². The van der Waals surface area contributed by atoms with Gasteiger partial charge in [-0.15, -0.1) is 0 Å². The van der Waals surface area contributed by atoms with Gasteiger partial charge in [0, 0.05) is 10.9 Å². The van der Waals surface area contributed by atoms with Gasteiger partial charge in [-0.25, -0.2) is 0 Å². The van der Waals surface area contributed by atoms with Crippen molar-refractivity contribution in [3.05, 3.63) is 34.7 Å². The van der Waals surface area contributed by atoms with Crippen LogP contribution in [0.25, 0.3) is 11.3 Å². The summed E-state index contributed by atoms with van der Waals surface area (Å²) in [6, 6.07) is 4.05. The molecule has 0 N–H and O–H groups in total. The van der Waals surface area contributed by atoms with Crippen LogP contribution in [0.15, 0.2) is 33.6 Å². The first-order chi connectivity index (χ1) is 5.38. The molecule has 0 saturated carbocycles. The van der Waals surface area contributed by atoms with Crippen molar-refractivity contribution in [1.29, 1.82) is 0 Å². The molecule has 2 aromatic heterocycles. The highest BCUT2D eigenvalue weighted by atomic mass is 32.1. The van der Waals surface area contributed by atoms with Crippen LogP contribution in [0.2, 0.25) is 0 Å². The molecular weight excluding hydrogens is 156 g/mol. The van der Waals surface area contributed by atoms with Crippen molar-refractivity contribution in [3.8, 4) is 11.3 Å². The topological polar surface area (TPSA) is 13.1 Å². The predicted molar refractivity (Wildman–Crippen MR) is 46.8 cm³/mol. The van der Waals surface area contributed by atoms with Crippen LogP contribution >= 0.6 is 11.3 Å². The lowest BCUT2D eigenvalue weighted by Gasteiger charge is -1.91. The van der Waals surface area contributed by atoms with Crippen LogP contribution in [0.4, 0.5) is 0 Å². The molecule has 0 aliphatic rings. The van der Waals surface area contributed by atoms with Gasteiger partial charge in [0.2, 0.25) is 0 Å². The van der Waals surface area contributed by atoms with Crippen LogP contribution in [0, 0.1) is 6.92 Å². The van der Waals surface area contributed by atoms with E-state index < -0.39 is 0 Å². The van der Waals surface area contributed by atoms with Crippen molar-refractivity contribution < 1.29 is 4.42 Å². The molecule has 0 saturated heterocycles.